The van der Waals surface area contributed by atoms with E-state index in [-0.39, 0.29) is 0 Å². The summed E-state index contributed by atoms with van der Waals surface area (Å²) in [4.78, 5) is 4.94. The molecule has 3 aromatic carbocycles. The smallest absolute Gasteiger partial charge is 0.164 e. The first-order valence-corrected chi connectivity index (χ1v) is 8.70. The van der Waals surface area contributed by atoms with Crippen LogP contribution in [0.5, 0.6) is 0 Å². The van der Waals surface area contributed by atoms with Crippen LogP contribution in [0, 0.1) is 6.92 Å². The molecule has 0 spiro atoms. The van der Waals surface area contributed by atoms with Gasteiger partial charge in [-0.05, 0) is 31.2 Å². The van der Waals surface area contributed by atoms with Crippen LogP contribution in [-0.4, -0.2) is 14.6 Å². The predicted molar refractivity (Wildman–Crippen MR) is 106 cm³/mol. The highest BCUT2D eigenvalue weighted by atomic mass is 15.3. The van der Waals surface area contributed by atoms with Crippen molar-refractivity contribution in [2.24, 2.45) is 0 Å². The Balaban J connectivity index is 1.90. The van der Waals surface area contributed by atoms with Crippen LogP contribution < -0.4 is 0 Å². The second-order valence-corrected chi connectivity index (χ2v) is 6.51. The maximum Gasteiger partial charge on any atom is 0.164 e. The lowest BCUT2D eigenvalue weighted by Gasteiger charge is -2.09. The summed E-state index contributed by atoms with van der Waals surface area (Å²) in [6, 6.07) is 29.1. The van der Waals surface area contributed by atoms with Gasteiger partial charge in [-0.1, -0.05) is 66.2 Å². The third kappa shape index (κ3) is 2.37. The first-order chi connectivity index (χ1) is 12.8. The molecular weight excluding hydrogens is 318 g/mol. The van der Waals surface area contributed by atoms with Gasteiger partial charge in [-0.25, -0.2) is 9.50 Å². The van der Waals surface area contributed by atoms with E-state index in [1.54, 1.807) is 0 Å². The van der Waals surface area contributed by atoms with Crippen LogP contribution in [0.25, 0.3) is 39.1 Å². The molecule has 0 aliphatic carbocycles. The monoisotopic (exact) mass is 335 g/mol. The molecule has 2 aromatic heterocycles. The van der Waals surface area contributed by atoms with Crippen molar-refractivity contribution in [1.29, 1.82) is 0 Å². The van der Waals surface area contributed by atoms with Crippen LogP contribution >= 0.6 is 0 Å². The van der Waals surface area contributed by atoms with E-state index in [9.17, 15) is 0 Å². The molecule has 2 heterocycles. The van der Waals surface area contributed by atoms with Crippen LogP contribution in [-0.2, 0) is 0 Å². The van der Waals surface area contributed by atoms with Crippen molar-refractivity contribution < 1.29 is 0 Å². The van der Waals surface area contributed by atoms with Gasteiger partial charge in [0.1, 0.15) is 0 Å². The molecule has 5 aromatic rings. The third-order valence-electron chi connectivity index (χ3n) is 4.66. The van der Waals surface area contributed by atoms with E-state index < -0.39 is 0 Å². The van der Waals surface area contributed by atoms with Gasteiger partial charge in [0.2, 0.25) is 0 Å². The maximum atomic E-state index is 4.94. The quantitative estimate of drug-likeness (QED) is 0.425. The molecule has 0 aliphatic rings. The predicted octanol–water partition coefficient (Wildman–Crippen LogP) is 5.52. The summed E-state index contributed by atoms with van der Waals surface area (Å²) in [5.41, 5.74) is 7.33. The minimum absolute atomic E-state index is 0.887. The number of aryl methyl sites for hydroxylation is 1. The molecule has 0 saturated carbocycles. The molecule has 0 atom stereocenters. The van der Waals surface area contributed by atoms with E-state index in [0.717, 1.165) is 39.1 Å². The minimum atomic E-state index is 0.887. The van der Waals surface area contributed by atoms with Gasteiger partial charge < -0.3 is 0 Å². The van der Waals surface area contributed by atoms with Crippen molar-refractivity contribution >= 4 is 16.6 Å². The molecule has 26 heavy (non-hydrogen) atoms. The minimum Gasteiger partial charge on any atom is -0.228 e. The average molecular weight is 335 g/mol. The zero-order valence-corrected chi connectivity index (χ0v) is 14.4. The molecule has 0 aliphatic heterocycles. The van der Waals surface area contributed by atoms with Crippen molar-refractivity contribution in [2.45, 2.75) is 6.92 Å². The molecule has 0 radical (unpaired) electrons. The second-order valence-electron chi connectivity index (χ2n) is 6.51. The highest BCUT2D eigenvalue weighted by Gasteiger charge is 2.14. The lowest BCUT2D eigenvalue weighted by Crippen LogP contribution is -1.98. The normalized spacial score (nSPS) is 11.3. The van der Waals surface area contributed by atoms with Gasteiger partial charge in [0, 0.05) is 16.5 Å². The molecule has 0 unspecified atom stereocenters. The van der Waals surface area contributed by atoms with E-state index >= 15 is 0 Å². The standard InChI is InChI=1S/C23H17N3/c1-16-8-7-11-18(14-16)22-15-21(17-9-3-2-4-10-17)24-23-19-12-5-6-13-20(19)25-26(22)23/h2-15H,1H3. The topological polar surface area (TPSA) is 30.2 Å². The van der Waals surface area contributed by atoms with Gasteiger partial charge in [-0.3, -0.25) is 0 Å². The molecule has 0 saturated heterocycles. The Morgan fingerprint density at radius 2 is 1.50 bits per heavy atom. The summed E-state index contributed by atoms with van der Waals surface area (Å²) in [6.07, 6.45) is 0. The van der Waals surface area contributed by atoms with Crippen molar-refractivity contribution in [3.63, 3.8) is 0 Å². The summed E-state index contributed by atoms with van der Waals surface area (Å²) in [5, 5.41) is 5.88. The summed E-state index contributed by atoms with van der Waals surface area (Å²) in [5.74, 6) is 0. The molecule has 0 N–H and O–H groups in total. The number of rotatable bonds is 2. The van der Waals surface area contributed by atoms with Gasteiger partial charge in [-0.15, -0.1) is 0 Å². The summed E-state index contributed by atoms with van der Waals surface area (Å²) in [6.45, 7) is 2.11. The van der Waals surface area contributed by atoms with Crippen molar-refractivity contribution in [2.75, 3.05) is 0 Å². The maximum absolute atomic E-state index is 4.94. The third-order valence-corrected chi connectivity index (χ3v) is 4.66. The fourth-order valence-electron chi connectivity index (χ4n) is 3.40. The zero-order valence-electron chi connectivity index (χ0n) is 14.4. The van der Waals surface area contributed by atoms with E-state index in [4.69, 9.17) is 10.1 Å². The fraction of sp³-hybridized carbons (Fsp3) is 0.0435. The Labute approximate surface area is 151 Å². The van der Waals surface area contributed by atoms with Crippen LogP contribution in [0.4, 0.5) is 0 Å². The van der Waals surface area contributed by atoms with Gasteiger partial charge in [0.25, 0.3) is 0 Å². The lowest BCUT2D eigenvalue weighted by molar-refractivity contribution is 0.967. The van der Waals surface area contributed by atoms with Gasteiger partial charge >= 0.3 is 0 Å². The number of aromatic nitrogens is 3. The SMILES string of the molecule is Cc1cccc(-c2cc(-c3ccccc3)nc3c4ccccc4nn23)c1. The average Bonchev–Trinajstić information content (AvgIpc) is 3.06. The first-order valence-electron chi connectivity index (χ1n) is 8.70. The Hall–Kier alpha value is -3.46. The van der Waals surface area contributed by atoms with Crippen molar-refractivity contribution in [1.82, 2.24) is 14.6 Å². The summed E-state index contributed by atoms with van der Waals surface area (Å²) >= 11 is 0. The number of nitrogens with zero attached hydrogens (tertiary/aromatic N) is 3. The van der Waals surface area contributed by atoms with Crippen LogP contribution in [0.1, 0.15) is 5.56 Å². The highest BCUT2D eigenvalue weighted by molar-refractivity contribution is 5.94. The van der Waals surface area contributed by atoms with Gasteiger partial charge in [-0.2, -0.15) is 5.10 Å². The lowest BCUT2D eigenvalue weighted by atomic mass is 10.1. The number of fused-ring (bicyclic) bond motifs is 3. The Morgan fingerprint density at radius 3 is 2.35 bits per heavy atom. The van der Waals surface area contributed by atoms with E-state index in [2.05, 4.69) is 55.5 Å². The largest absolute Gasteiger partial charge is 0.228 e. The molecule has 5 rings (SSSR count). The number of hydrogen-bond acceptors (Lipinski definition) is 2. The molecule has 124 valence electrons. The van der Waals surface area contributed by atoms with Gasteiger partial charge in [0.15, 0.2) is 5.65 Å². The van der Waals surface area contributed by atoms with Crippen molar-refractivity contribution in [3.05, 3.63) is 90.5 Å². The highest BCUT2D eigenvalue weighted by Crippen LogP contribution is 2.29. The molecule has 0 bridgehead atoms. The molecule has 3 nitrogen and oxygen atoms in total. The summed E-state index contributed by atoms with van der Waals surface area (Å²) in [7, 11) is 0. The second kappa shape index (κ2) is 5.81. The van der Waals surface area contributed by atoms with Crippen LogP contribution in [0.3, 0.4) is 0 Å². The molecule has 0 amide bonds. The van der Waals surface area contributed by atoms with Crippen molar-refractivity contribution in [3.8, 4) is 22.5 Å². The Morgan fingerprint density at radius 1 is 0.731 bits per heavy atom. The van der Waals surface area contributed by atoms with E-state index in [1.165, 1.54) is 5.56 Å². The van der Waals surface area contributed by atoms with Gasteiger partial charge in [0.05, 0.1) is 16.9 Å². The van der Waals surface area contributed by atoms with E-state index in [0.29, 0.717) is 0 Å². The molecule has 0 fully saturated rings. The first kappa shape index (κ1) is 14.8. The summed E-state index contributed by atoms with van der Waals surface area (Å²) < 4.78 is 1.96. The fourth-order valence-corrected chi connectivity index (χ4v) is 3.40. The number of benzene rings is 3. The zero-order chi connectivity index (χ0) is 17.5. The molecular formula is C23H17N3. The van der Waals surface area contributed by atoms with Crippen LogP contribution in [0.15, 0.2) is 84.9 Å². The Bertz CT molecular complexity index is 1240. The number of hydrogen-bond donors (Lipinski definition) is 0. The van der Waals surface area contributed by atoms with E-state index in [1.807, 2.05) is 40.9 Å². The Kier molecular flexibility index (Phi) is 3.32. The van der Waals surface area contributed by atoms with Crippen LogP contribution in [0.2, 0.25) is 0 Å². The molecule has 3 heteroatoms.